The van der Waals surface area contributed by atoms with Crippen molar-refractivity contribution in [3.63, 3.8) is 0 Å². The molecule has 37 heteroatoms. The Labute approximate surface area is 616 Å². The minimum absolute atomic E-state index is 0.00377. The van der Waals surface area contributed by atoms with E-state index in [1.807, 2.05) is 30.3 Å². The van der Waals surface area contributed by atoms with Crippen molar-refractivity contribution in [1.29, 1.82) is 5.41 Å². The number of likely N-dealkylation sites (tertiary alicyclic amines) is 2. The standard InChI is InChI=1S/C69H91N19O16S2/c1-37(89)78-52-34-105-106-35-53(67(103)88-26-10-18-55(88)68(104)87-25-9-17-54(87)66(102)81-45(15-6-7-23-70)59(95)82-48(58(71)94)31-57(92)93)86-63(99)50(29-41-32-76-44-14-5-4-13-43(41)44)84-60(96)46(16-8-24-75-69(72)73)79-62(98)49(28-38-19-20-39-11-2-3-12-40(39)27-38)83-64(100)51(30-42-33-74-36-77-42)85-61(97)47(80-65(52)101)21-22-56(90)91/h2-5,11-14,19-20,27,32-33,36,45-55,76H,6-10,15-18,21-26,28-31,34-35,70H2,1H3,(H2,71,94)(H,74,77)(H,78,89)(H,79,98)(H,80,101)(H,81,102)(H,82,95)(H,83,100)(H,84,96)(H,85,97)(H,86,99)(H,90,91)(H,92,93)(H4,72,73,75)/t45-,46-,47-,48-,49+,50-,51-,52-,53+,54-,55-/m0/s1. The van der Waals surface area contributed by atoms with Gasteiger partial charge in [-0.15, -0.1) is 0 Å². The zero-order chi connectivity index (χ0) is 76.6. The van der Waals surface area contributed by atoms with E-state index >= 15 is 24.0 Å². The maximum atomic E-state index is 15.6. The predicted octanol–water partition coefficient (Wildman–Crippen LogP) is -1.95. The first kappa shape index (κ1) is 80.9. The van der Waals surface area contributed by atoms with E-state index in [0.717, 1.165) is 39.3 Å². The van der Waals surface area contributed by atoms with E-state index < -0.39 is 175 Å². The first-order valence-corrected chi connectivity index (χ1v) is 37.3. The average molecular weight is 1510 g/mol. The molecule has 3 aliphatic rings. The molecule has 0 spiro atoms. The van der Waals surface area contributed by atoms with Crippen molar-refractivity contribution in [1.82, 2.24) is 77.9 Å². The first-order chi connectivity index (χ1) is 50.8. The number of aliphatic carboxylic acids is 2. The molecule has 570 valence electrons. The van der Waals surface area contributed by atoms with Gasteiger partial charge in [0.1, 0.15) is 66.5 Å². The fourth-order valence-corrected chi connectivity index (χ4v) is 15.2. The fraction of sp³-hybridized carbons (Fsp3) is 0.478. The number of imidazole rings is 1. The lowest BCUT2D eigenvalue weighted by Gasteiger charge is -2.33. The van der Waals surface area contributed by atoms with E-state index in [1.54, 1.807) is 42.6 Å². The number of rotatable bonds is 27. The second kappa shape index (κ2) is 39.3. The predicted molar refractivity (Wildman–Crippen MR) is 390 cm³/mol. The molecule has 0 saturated carbocycles. The van der Waals surface area contributed by atoms with Gasteiger partial charge < -0.3 is 100 Å². The Bertz CT molecular complexity index is 4030. The highest BCUT2D eigenvalue weighted by Crippen LogP contribution is 2.30. The van der Waals surface area contributed by atoms with E-state index in [-0.39, 0.29) is 101 Å². The lowest BCUT2D eigenvalue weighted by atomic mass is 9.99. The van der Waals surface area contributed by atoms with E-state index in [9.17, 15) is 53.4 Å². The van der Waals surface area contributed by atoms with Crippen molar-refractivity contribution in [3.05, 3.63) is 102 Å². The summed E-state index contributed by atoms with van der Waals surface area (Å²) >= 11 is 0. The Morgan fingerprint density at radius 2 is 1.26 bits per heavy atom. The Kier molecular flexibility index (Phi) is 30.0. The van der Waals surface area contributed by atoms with Gasteiger partial charge in [0, 0.05) is 87.0 Å². The van der Waals surface area contributed by atoms with Crippen LogP contribution < -0.4 is 70.4 Å². The van der Waals surface area contributed by atoms with Crippen molar-refractivity contribution in [2.45, 2.75) is 170 Å². The molecule has 5 aromatic rings. The van der Waals surface area contributed by atoms with Crippen molar-refractivity contribution >= 4 is 132 Å². The smallest absolute Gasteiger partial charge is 0.305 e. The molecule has 0 radical (unpaired) electrons. The number of primary amides is 1. The van der Waals surface area contributed by atoms with E-state index in [0.29, 0.717) is 41.3 Å². The normalized spacial score (nSPS) is 22.3. The number of aromatic nitrogens is 3. The van der Waals surface area contributed by atoms with Gasteiger partial charge in [-0.05, 0) is 98.7 Å². The summed E-state index contributed by atoms with van der Waals surface area (Å²) in [5.74, 6) is -14.5. The monoisotopic (exact) mass is 1510 g/mol. The number of hydrogen-bond donors (Lipinski definition) is 18. The van der Waals surface area contributed by atoms with Crippen LogP contribution in [0.4, 0.5) is 0 Å². The summed E-state index contributed by atoms with van der Waals surface area (Å²) < 4.78 is 0. The number of guanidine groups is 1. The summed E-state index contributed by atoms with van der Waals surface area (Å²) in [6, 6.07) is 3.51. The van der Waals surface area contributed by atoms with Crippen LogP contribution in [0.1, 0.15) is 101 Å². The second-order valence-corrected chi connectivity index (χ2v) is 28.7. The molecule has 0 unspecified atom stereocenters. The molecule has 0 bridgehead atoms. The number of carboxylic acid groups (broad SMARTS) is 2. The molecule has 106 heavy (non-hydrogen) atoms. The third kappa shape index (κ3) is 23.3. The Morgan fingerprint density at radius 1 is 0.651 bits per heavy atom. The molecule has 0 aliphatic carbocycles. The van der Waals surface area contributed by atoms with Crippen LogP contribution >= 0.6 is 21.6 Å². The van der Waals surface area contributed by atoms with Crippen LogP contribution in [-0.4, -0.2) is 228 Å². The number of nitrogens with two attached hydrogens (primary N) is 3. The van der Waals surface area contributed by atoms with Crippen LogP contribution in [-0.2, 0) is 86.4 Å². The van der Waals surface area contributed by atoms with Crippen LogP contribution in [0, 0.1) is 5.41 Å². The lowest BCUT2D eigenvalue weighted by molar-refractivity contribution is -0.148. The maximum absolute atomic E-state index is 15.6. The van der Waals surface area contributed by atoms with E-state index in [4.69, 9.17) is 22.6 Å². The number of fused-ring (bicyclic) bond motifs is 2. The number of benzene rings is 3. The number of nitrogens with one attached hydrogen (secondary N) is 13. The summed E-state index contributed by atoms with van der Waals surface area (Å²) in [5.41, 5.74) is 18.8. The Morgan fingerprint density at radius 3 is 1.92 bits per heavy atom. The minimum atomic E-state index is -1.68. The van der Waals surface area contributed by atoms with Crippen LogP contribution in [0.15, 0.2) is 85.5 Å². The quantitative estimate of drug-likeness (QED) is 0.0118. The molecule has 11 atom stereocenters. The molecule has 8 rings (SSSR count). The van der Waals surface area contributed by atoms with Gasteiger partial charge in [0.25, 0.3) is 0 Å². The summed E-state index contributed by atoms with van der Waals surface area (Å²) in [4.78, 5) is 210. The highest BCUT2D eigenvalue weighted by molar-refractivity contribution is 8.76. The Balaban J connectivity index is 1.17. The lowest BCUT2D eigenvalue weighted by Crippen LogP contribution is -2.61. The molecule has 3 saturated heterocycles. The number of H-pyrrole nitrogens is 2. The zero-order valence-electron chi connectivity index (χ0n) is 58.3. The van der Waals surface area contributed by atoms with Crippen LogP contribution in [0.5, 0.6) is 0 Å². The van der Waals surface area contributed by atoms with Crippen molar-refractivity contribution in [3.8, 4) is 0 Å². The van der Waals surface area contributed by atoms with E-state index in [2.05, 4.69) is 68.1 Å². The molecule has 3 aliphatic heterocycles. The molecule has 2 aromatic heterocycles. The number of hydrogen-bond acceptors (Lipinski definition) is 19. The summed E-state index contributed by atoms with van der Waals surface area (Å²) in [7, 11) is 1.88. The number of aromatic amines is 2. The SMILES string of the molecule is CC(=O)N[C@H]1CSSC[C@H](C(=O)N2CCC[C@H]2C(=O)N2CCC[C@H]2C(=O)N[C@@H](CCCCN)C(=O)N[C@@H](CC(=O)O)C(N)=O)NC(=O)[C@H](Cc2c[nH]c3ccccc23)NC(=O)[C@H](CCCNC(=N)N)NC(=O)[C@@H](Cc2ccc3ccccc3c2)NC(=O)[C@H](Cc2c[nH]cn2)NC(=O)[C@H](CCC(=O)O)NC1=O. The number of amides is 12. The number of carbonyl (C=O) groups is 14. The van der Waals surface area contributed by atoms with Crippen LogP contribution in [0.2, 0.25) is 0 Å². The van der Waals surface area contributed by atoms with Crippen molar-refractivity contribution < 1.29 is 77.3 Å². The summed E-state index contributed by atoms with van der Waals surface area (Å²) in [5, 5.41) is 56.0. The third-order valence-electron chi connectivity index (χ3n) is 18.3. The van der Waals surface area contributed by atoms with Gasteiger partial charge in [0.15, 0.2) is 5.96 Å². The van der Waals surface area contributed by atoms with Crippen molar-refractivity contribution in [2.75, 3.05) is 37.7 Å². The maximum Gasteiger partial charge on any atom is 0.305 e. The topological polar surface area (TPSA) is 553 Å². The number of unbranched alkanes of at least 4 members (excludes halogenated alkanes) is 1. The van der Waals surface area contributed by atoms with Gasteiger partial charge >= 0.3 is 11.9 Å². The molecule has 5 heterocycles. The highest BCUT2D eigenvalue weighted by atomic mass is 33.1. The highest BCUT2D eigenvalue weighted by Gasteiger charge is 2.45. The van der Waals surface area contributed by atoms with Gasteiger partial charge in [-0.25, -0.2) is 4.98 Å². The molecule has 12 amide bonds. The van der Waals surface area contributed by atoms with Gasteiger partial charge in [-0.3, -0.25) is 72.5 Å². The molecule has 35 nitrogen and oxygen atoms in total. The first-order valence-electron chi connectivity index (χ1n) is 34.8. The number of carbonyl (C=O) groups excluding carboxylic acids is 12. The zero-order valence-corrected chi connectivity index (χ0v) is 59.9. The van der Waals surface area contributed by atoms with Crippen molar-refractivity contribution in [2.24, 2.45) is 17.2 Å². The van der Waals surface area contributed by atoms with Crippen LogP contribution in [0.25, 0.3) is 21.7 Å². The number of nitrogens with zero attached hydrogens (tertiary/aromatic N) is 3. The number of carboxylic acids is 2. The Hall–Kier alpha value is -10.8. The van der Waals surface area contributed by atoms with E-state index in [1.165, 1.54) is 22.3 Å². The van der Waals surface area contributed by atoms with Gasteiger partial charge in [-0.1, -0.05) is 82.3 Å². The molecule has 3 fully saturated rings. The largest absolute Gasteiger partial charge is 0.481 e. The number of para-hydroxylation sites is 1. The minimum Gasteiger partial charge on any atom is -0.481 e. The summed E-state index contributed by atoms with van der Waals surface area (Å²) in [6.07, 6.45) is 3.02. The average Bonchev–Trinajstić information content (AvgIpc) is 1.61. The summed E-state index contributed by atoms with van der Waals surface area (Å²) in [6.45, 7) is 1.39. The molecular weight excluding hydrogens is 1420 g/mol. The molecule has 21 N–H and O–H groups in total. The second-order valence-electron chi connectivity index (χ2n) is 26.1. The van der Waals surface area contributed by atoms with Crippen LogP contribution in [0.3, 0.4) is 0 Å². The van der Waals surface area contributed by atoms with Gasteiger partial charge in [0.2, 0.25) is 70.9 Å². The molecule has 3 aromatic carbocycles. The third-order valence-corrected chi connectivity index (χ3v) is 20.7. The van der Waals surface area contributed by atoms with Gasteiger partial charge in [-0.2, -0.15) is 0 Å². The fourth-order valence-electron chi connectivity index (χ4n) is 12.8. The van der Waals surface area contributed by atoms with Gasteiger partial charge in [0.05, 0.1) is 18.4 Å². The molecular formula is C69H91N19O16S2.